The third-order valence-corrected chi connectivity index (χ3v) is 7.10. The van der Waals surface area contributed by atoms with Gasteiger partial charge < -0.3 is 25.8 Å². The van der Waals surface area contributed by atoms with E-state index in [2.05, 4.69) is 41.9 Å². The lowest BCUT2D eigenvalue weighted by Crippen LogP contribution is -2.43. The maximum atomic E-state index is 14.1. The third kappa shape index (κ3) is 4.97. The van der Waals surface area contributed by atoms with Crippen molar-refractivity contribution in [3.05, 3.63) is 65.9 Å². The summed E-state index contributed by atoms with van der Waals surface area (Å²) < 4.78 is 14.1. The summed E-state index contributed by atoms with van der Waals surface area (Å²) in [5.41, 5.74) is 3.01. The van der Waals surface area contributed by atoms with Crippen LogP contribution in [0, 0.1) is 5.82 Å². The highest BCUT2D eigenvalue weighted by Gasteiger charge is 2.24. The number of anilines is 4. The van der Waals surface area contributed by atoms with Gasteiger partial charge in [0.2, 0.25) is 5.95 Å². The second-order valence-electron chi connectivity index (χ2n) is 9.56. The predicted molar refractivity (Wildman–Crippen MR) is 142 cm³/mol. The highest BCUT2D eigenvalue weighted by Crippen LogP contribution is 2.37. The molecule has 1 aromatic carbocycles. The van der Waals surface area contributed by atoms with Gasteiger partial charge in [0.25, 0.3) is 5.91 Å². The average Bonchev–Trinajstić information content (AvgIpc) is 3.61. The van der Waals surface area contributed by atoms with Gasteiger partial charge in [0.05, 0.1) is 23.3 Å². The van der Waals surface area contributed by atoms with Gasteiger partial charge in [-0.1, -0.05) is 25.0 Å². The number of hydrogen-bond donors (Lipinski definition) is 4. The number of amides is 1. The first-order chi connectivity index (χ1) is 18.1. The number of hydrogen-bond acceptors (Lipinski definition) is 7. The first-order valence-electron chi connectivity index (χ1n) is 12.8. The number of piperazine rings is 1. The maximum Gasteiger partial charge on any atom is 0.272 e. The second-order valence-corrected chi connectivity index (χ2v) is 9.56. The molecule has 0 spiro atoms. The van der Waals surface area contributed by atoms with Crippen molar-refractivity contribution < 1.29 is 9.18 Å². The molecule has 6 rings (SSSR count). The molecule has 1 saturated carbocycles. The summed E-state index contributed by atoms with van der Waals surface area (Å²) in [6, 6.07) is 11.9. The summed E-state index contributed by atoms with van der Waals surface area (Å²) in [5, 5.41) is 10.1. The van der Waals surface area contributed by atoms with E-state index in [1.165, 1.54) is 12.1 Å². The molecule has 37 heavy (non-hydrogen) atoms. The lowest BCUT2D eigenvalue weighted by Gasteiger charge is -2.29. The lowest BCUT2D eigenvalue weighted by atomic mass is 10.0. The smallest absolute Gasteiger partial charge is 0.272 e. The Hall–Kier alpha value is -4.05. The van der Waals surface area contributed by atoms with Crippen molar-refractivity contribution in [3.8, 4) is 0 Å². The number of para-hydroxylation sites is 1. The highest BCUT2D eigenvalue weighted by atomic mass is 19.1. The Morgan fingerprint density at radius 2 is 1.86 bits per heavy atom. The van der Waals surface area contributed by atoms with Gasteiger partial charge in [-0.05, 0) is 43.2 Å². The zero-order chi connectivity index (χ0) is 25.2. The number of rotatable bonds is 6. The van der Waals surface area contributed by atoms with E-state index in [4.69, 9.17) is 4.98 Å². The molecule has 0 bridgehead atoms. The molecule has 2 aliphatic rings. The molecule has 2 fully saturated rings. The molecule has 9 nitrogen and oxygen atoms in total. The number of aromatic nitrogens is 4. The van der Waals surface area contributed by atoms with Crippen LogP contribution in [0.5, 0.6) is 0 Å². The molecule has 4 aromatic rings. The summed E-state index contributed by atoms with van der Waals surface area (Å²) in [7, 11) is 0. The van der Waals surface area contributed by atoms with Crippen LogP contribution < -0.4 is 20.9 Å². The van der Waals surface area contributed by atoms with Crippen LogP contribution in [0.3, 0.4) is 0 Å². The van der Waals surface area contributed by atoms with E-state index in [0.717, 1.165) is 68.6 Å². The number of fused-ring (bicyclic) bond motifs is 1. The zero-order valence-corrected chi connectivity index (χ0v) is 20.4. The van der Waals surface area contributed by atoms with Gasteiger partial charge in [-0.15, -0.1) is 0 Å². The third-order valence-electron chi connectivity index (χ3n) is 7.10. The Kier molecular flexibility index (Phi) is 6.40. The number of halogens is 1. The van der Waals surface area contributed by atoms with Crippen molar-refractivity contribution in [1.29, 1.82) is 0 Å². The van der Waals surface area contributed by atoms with Gasteiger partial charge in [-0.2, -0.15) is 4.98 Å². The topological polar surface area (TPSA) is 111 Å². The standard InChI is InChI=1S/C27H29FN8O/c28-20-7-3-4-8-21(20)32-26(37)22-15-19-24(17-5-1-2-6-17)34-27(35-25(19)31-22)33-23-10-9-18(16-30-23)36-13-11-29-12-14-36/h3-4,7-10,15-17,29H,1-2,5-6,11-14H2,(H,32,37)(H2,30,31,33,34,35). The van der Waals surface area contributed by atoms with Gasteiger partial charge in [0.15, 0.2) is 0 Å². The number of pyridine rings is 1. The SMILES string of the molecule is O=C(Nc1ccccc1F)c1cc2c(C3CCCC3)nc(Nc3ccc(N4CCNCC4)cn3)nc2[nH]1. The summed E-state index contributed by atoms with van der Waals surface area (Å²) in [4.78, 5) is 32.4. The van der Waals surface area contributed by atoms with E-state index < -0.39 is 11.7 Å². The van der Waals surface area contributed by atoms with Crippen LogP contribution in [0.4, 0.5) is 27.5 Å². The second kappa shape index (κ2) is 10.1. The first-order valence-corrected chi connectivity index (χ1v) is 12.8. The summed E-state index contributed by atoms with van der Waals surface area (Å²) in [5.74, 6) is 0.465. The van der Waals surface area contributed by atoms with Gasteiger partial charge in [-0.25, -0.2) is 14.4 Å². The largest absolute Gasteiger partial charge is 0.368 e. The Morgan fingerprint density at radius 3 is 2.62 bits per heavy atom. The van der Waals surface area contributed by atoms with E-state index in [9.17, 15) is 9.18 Å². The molecular formula is C27H29FN8O. The number of nitrogens with zero attached hydrogens (tertiary/aromatic N) is 4. The predicted octanol–water partition coefficient (Wildman–Crippen LogP) is 4.56. The quantitative estimate of drug-likeness (QED) is 0.307. The number of nitrogens with one attached hydrogen (secondary N) is 4. The molecule has 4 N–H and O–H groups in total. The van der Waals surface area contributed by atoms with Gasteiger partial charge in [-0.3, -0.25) is 4.79 Å². The van der Waals surface area contributed by atoms with Crippen LogP contribution in [0.15, 0.2) is 48.7 Å². The van der Waals surface area contributed by atoms with Gasteiger partial charge in [0.1, 0.15) is 23.0 Å². The Labute approximate surface area is 213 Å². The van der Waals surface area contributed by atoms with E-state index in [0.29, 0.717) is 29.0 Å². The highest BCUT2D eigenvalue weighted by molar-refractivity contribution is 6.06. The Morgan fingerprint density at radius 1 is 1.05 bits per heavy atom. The van der Waals surface area contributed by atoms with Crippen molar-refractivity contribution in [2.75, 3.05) is 41.7 Å². The molecule has 1 aliphatic heterocycles. The fraction of sp³-hybridized carbons (Fsp3) is 0.333. The van der Waals surface area contributed by atoms with Gasteiger partial charge >= 0.3 is 0 Å². The molecule has 0 atom stereocenters. The van der Waals surface area contributed by atoms with Crippen molar-refractivity contribution in [1.82, 2.24) is 25.3 Å². The minimum atomic E-state index is -0.486. The van der Waals surface area contributed by atoms with Crippen LogP contribution >= 0.6 is 0 Å². The summed E-state index contributed by atoms with van der Waals surface area (Å²) in [6.07, 6.45) is 6.26. The molecule has 1 saturated heterocycles. The van der Waals surface area contributed by atoms with E-state index in [1.54, 1.807) is 18.2 Å². The van der Waals surface area contributed by atoms with E-state index in [-0.39, 0.29) is 5.69 Å². The van der Waals surface area contributed by atoms with Crippen LogP contribution in [0.25, 0.3) is 11.0 Å². The number of aromatic amines is 1. The monoisotopic (exact) mass is 500 g/mol. The van der Waals surface area contributed by atoms with Crippen LogP contribution in [-0.2, 0) is 0 Å². The maximum absolute atomic E-state index is 14.1. The molecule has 1 aliphatic carbocycles. The minimum absolute atomic E-state index is 0.131. The van der Waals surface area contributed by atoms with Crippen LogP contribution in [0.1, 0.15) is 47.8 Å². The Bertz CT molecular complexity index is 1410. The number of benzene rings is 1. The molecular weight excluding hydrogens is 471 g/mol. The molecule has 1 amide bonds. The van der Waals surface area contributed by atoms with Crippen molar-refractivity contribution in [2.45, 2.75) is 31.6 Å². The van der Waals surface area contributed by atoms with Gasteiger partial charge in [0, 0.05) is 37.5 Å². The lowest BCUT2D eigenvalue weighted by molar-refractivity contribution is 0.102. The summed E-state index contributed by atoms with van der Waals surface area (Å²) in [6.45, 7) is 3.85. The molecule has 4 heterocycles. The van der Waals surface area contributed by atoms with Crippen molar-refractivity contribution >= 4 is 40.1 Å². The number of carbonyl (C=O) groups is 1. The number of carbonyl (C=O) groups excluding carboxylic acids is 1. The first kappa shape index (κ1) is 23.4. The molecule has 0 unspecified atom stereocenters. The molecule has 190 valence electrons. The molecule has 3 aromatic heterocycles. The van der Waals surface area contributed by atoms with E-state index in [1.807, 2.05) is 12.3 Å². The number of H-pyrrole nitrogens is 1. The Balaban J connectivity index is 1.28. The fourth-order valence-electron chi connectivity index (χ4n) is 5.16. The van der Waals surface area contributed by atoms with Crippen molar-refractivity contribution in [3.63, 3.8) is 0 Å². The van der Waals surface area contributed by atoms with E-state index >= 15 is 0 Å². The average molecular weight is 501 g/mol. The molecule has 10 heteroatoms. The minimum Gasteiger partial charge on any atom is -0.368 e. The normalized spacial score (nSPS) is 16.3. The van der Waals surface area contributed by atoms with Crippen LogP contribution in [0.2, 0.25) is 0 Å². The van der Waals surface area contributed by atoms with Crippen LogP contribution in [-0.4, -0.2) is 52.0 Å². The zero-order valence-electron chi connectivity index (χ0n) is 20.4. The molecule has 0 radical (unpaired) electrons. The van der Waals surface area contributed by atoms with Crippen molar-refractivity contribution in [2.24, 2.45) is 0 Å². The summed E-state index contributed by atoms with van der Waals surface area (Å²) >= 11 is 0. The fourth-order valence-corrected chi connectivity index (χ4v) is 5.16.